The molecule has 0 bridgehead atoms. The summed E-state index contributed by atoms with van der Waals surface area (Å²) in [5.74, 6) is 0. The lowest BCUT2D eigenvalue weighted by Gasteiger charge is -2.15. The summed E-state index contributed by atoms with van der Waals surface area (Å²) in [5, 5.41) is 19.7. The minimum atomic E-state index is -4.05. The van der Waals surface area contributed by atoms with E-state index in [0.29, 0.717) is 4.47 Å². The van der Waals surface area contributed by atoms with Gasteiger partial charge in [0.05, 0.1) is 11.5 Å². The zero-order chi connectivity index (χ0) is 16.5. The van der Waals surface area contributed by atoms with Crippen molar-refractivity contribution in [2.75, 3.05) is 6.61 Å². The third-order valence-electron chi connectivity index (χ3n) is 3.14. The number of sulfone groups is 1. The van der Waals surface area contributed by atoms with Crippen molar-refractivity contribution in [2.24, 2.45) is 0 Å². The van der Waals surface area contributed by atoms with Gasteiger partial charge in [-0.15, -0.1) is 0 Å². The van der Waals surface area contributed by atoms with Crippen LogP contribution in [0.3, 0.4) is 0 Å². The van der Waals surface area contributed by atoms with Crippen molar-refractivity contribution in [1.29, 1.82) is 0 Å². The molecule has 1 aliphatic rings. The molecule has 0 radical (unpaired) electrons. The van der Waals surface area contributed by atoms with Crippen LogP contribution in [0.25, 0.3) is 0 Å². The number of ether oxygens (including phenoxy) is 1. The predicted molar refractivity (Wildman–Crippen MR) is 79.2 cm³/mol. The second-order valence-corrected chi connectivity index (χ2v) is 8.36. The van der Waals surface area contributed by atoms with Crippen LogP contribution in [0.5, 0.6) is 0 Å². The van der Waals surface area contributed by atoms with Gasteiger partial charge in [0.1, 0.15) is 18.3 Å². The molecule has 0 saturated carbocycles. The van der Waals surface area contributed by atoms with E-state index in [1.165, 1.54) is 24.3 Å². The summed E-state index contributed by atoms with van der Waals surface area (Å²) in [6, 6.07) is 5.70. The van der Waals surface area contributed by atoms with E-state index in [2.05, 4.69) is 20.5 Å². The molecule has 0 amide bonds. The molecule has 0 aliphatic carbocycles. The molecule has 2 rings (SSSR count). The van der Waals surface area contributed by atoms with Gasteiger partial charge in [0.15, 0.2) is 5.44 Å². The quantitative estimate of drug-likeness (QED) is 0.574. The van der Waals surface area contributed by atoms with Crippen molar-refractivity contribution in [2.45, 2.75) is 28.6 Å². The molecular weight excluding hydrogens is 403 g/mol. The van der Waals surface area contributed by atoms with E-state index < -0.39 is 48.4 Å². The van der Waals surface area contributed by atoms with Crippen molar-refractivity contribution in [3.8, 4) is 0 Å². The van der Waals surface area contributed by atoms with Gasteiger partial charge in [0.2, 0.25) is 9.84 Å². The Morgan fingerprint density at radius 2 is 1.82 bits per heavy atom. The molecule has 1 aromatic carbocycles. The molecule has 3 N–H and O–H groups in total. The van der Waals surface area contributed by atoms with Gasteiger partial charge in [0, 0.05) is 4.47 Å². The number of aliphatic hydroxyl groups excluding tert-OH is 2. The molecule has 1 saturated heterocycles. The molecule has 1 aromatic rings. The summed E-state index contributed by atoms with van der Waals surface area (Å²) < 4.78 is 45.6. The molecule has 22 heavy (non-hydrogen) atoms. The first-order valence-corrected chi connectivity index (χ1v) is 9.70. The van der Waals surface area contributed by atoms with Crippen LogP contribution in [0.2, 0.25) is 0 Å². The Bertz CT molecular complexity index is 649. The highest BCUT2D eigenvalue weighted by molar-refractivity contribution is 9.10. The minimum Gasteiger partial charge on any atom is -0.387 e. The normalized spacial score (nSPS) is 30.4. The first-order chi connectivity index (χ1) is 10.2. The van der Waals surface area contributed by atoms with Crippen LogP contribution in [0.1, 0.15) is 0 Å². The van der Waals surface area contributed by atoms with Gasteiger partial charge in [0.25, 0.3) is 0 Å². The third-order valence-corrected chi connectivity index (χ3v) is 6.01. The van der Waals surface area contributed by atoms with Crippen molar-refractivity contribution < 1.29 is 37.3 Å². The highest BCUT2D eigenvalue weighted by Crippen LogP contribution is 2.31. The molecule has 5 unspecified atom stereocenters. The first kappa shape index (κ1) is 18.0. The number of hydrogen-bond donors (Lipinski definition) is 3. The molecule has 11 heteroatoms. The lowest BCUT2D eigenvalue weighted by Crippen LogP contribution is -2.37. The molecular formula is C11H14BrO8PS. The van der Waals surface area contributed by atoms with Gasteiger partial charge >= 0.3 is 8.25 Å². The maximum Gasteiger partial charge on any atom is 0.316 e. The fourth-order valence-corrected chi connectivity index (χ4v) is 4.19. The minimum absolute atomic E-state index is 0.0794. The van der Waals surface area contributed by atoms with Gasteiger partial charge in [-0.25, -0.2) is 8.42 Å². The second kappa shape index (κ2) is 7.06. The van der Waals surface area contributed by atoms with E-state index >= 15 is 0 Å². The Kier molecular flexibility index (Phi) is 5.79. The summed E-state index contributed by atoms with van der Waals surface area (Å²) in [5.41, 5.74) is -1.68. The van der Waals surface area contributed by atoms with Crippen LogP contribution in [-0.2, 0) is 23.7 Å². The second-order valence-electron chi connectivity index (χ2n) is 4.60. The van der Waals surface area contributed by atoms with Crippen molar-refractivity contribution >= 4 is 34.0 Å². The highest BCUT2D eigenvalue weighted by Gasteiger charge is 2.49. The van der Waals surface area contributed by atoms with Crippen LogP contribution in [-0.4, -0.2) is 53.9 Å². The molecule has 0 spiro atoms. The maximum absolute atomic E-state index is 12.4. The van der Waals surface area contributed by atoms with Crippen molar-refractivity contribution in [1.82, 2.24) is 0 Å². The number of benzene rings is 1. The summed E-state index contributed by atoms with van der Waals surface area (Å²) in [6.07, 6.45) is -4.45. The maximum atomic E-state index is 12.4. The van der Waals surface area contributed by atoms with Crippen LogP contribution in [0.15, 0.2) is 33.6 Å². The lowest BCUT2D eigenvalue weighted by molar-refractivity contribution is -0.00315. The molecule has 1 aliphatic heterocycles. The largest absolute Gasteiger partial charge is 0.387 e. The molecule has 5 atom stereocenters. The summed E-state index contributed by atoms with van der Waals surface area (Å²) in [6.45, 7) is -0.501. The molecule has 1 fully saturated rings. The predicted octanol–water partition coefficient (Wildman–Crippen LogP) is 0.0681. The van der Waals surface area contributed by atoms with E-state index in [4.69, 9.17) is 9.63 Å². The zero-order valence-corrected chi connectivity index (χ0v) is 14.4. The molecule has 124 valence electrons. The number of hydrogen-bond acceptors (Lipinski definition) is 7. The summed E-state index contributed by atoms with van der Waals surface area (Å²) >= 11 is 3.18. The van der Waals surface area contributed by atoms with Gasteiger partial charge in [-0.3, -0.25) is 4.57 Å². The van der Waals surface area contributed by atoms with Crippen molar-refractivity contribution in [3.05, 3.63) is 28.7 Å². The average Bonchev–Trinajstić information content (AvgIpc) is 2.74. The summed E-state index contributed by atoms with van der Waals surface area (Å²) in [4.78, 5) is 8.52. The van der Waals surface area contributed by atoms with Crippen LogP contribution < -0.4 is 0 Å². The van der Waals surface area contributed by atoms with Gasteiger partial charge in [-0.05, 0) is 24.3 Å². The smallest absolute Gasteiger partial charge is 0.316 e. The number of halogens is 1. The SMILES string of the molecule is O=[PH](O)OCC1OC(S(=O)(=O)c2ccc(Br)cc2)C(O)C1O. The number of rotatable bonds is 5. The van der Waals surface area contributed by atoms with E-state index in [1.807, 2.05) is 0 Å². The van der Waals surface area contributed by atoms with E-state index in [0.717, 1.165) is 0 Å². The van der Waals surface area contributed by atoms with Gasteiger partial charge < -0.3 is 24.4 Å². The third kappa shape index (κ3) is 3.77. The van der Waals surface area contributed by atoms with Crippen LogP contribution in [0, 0.1) is 0 Å². The highest BCUT2D eigenvalue weighted by atomic mass is 79.9. The Morgan fingerprint density at radius 1 is 1.23 bits per heavy atom. The number of aliphatic hydroxyl groups is 2. The van der Waals surface area contributed by atoms with E-state index in [-0.39, 0.29) is 4.90 Å². The molecule has 0 aromatic heterocycles. The summed E-state index contributed by atoms with van der Waals surface area (Å²) in [7, 11) is -7.30. The zero-order valence-electron chi connectivity index (χ0n) is 11.0. The van der Waals surface area contributed by atoms with Crippen LogP contribution >= 0.6 is 24.2 Å². The fourth-order valence-electron chi connectivity index (χ4n) is 2.02. The topological polar surface area (TPSA) is 130 Å². The molecule has 8 nitrogen and oxygen atoms in total. The fraction of sp³-hybridized carbons (Fsp3) is 0.455. The Hall–Kier alpha value is -0.320. The van der Waals surface area contributed by atoms with Crippen LogP contribution in [0.4, 0.5) is 0 Å². The van der Waals surface area contributed by atoms with E-state index in [9.17, 15) is 23.2 Å². The Balaban J connectivity index is 2.21. The Labute approximate surface area is 135 Å². The lowest BCUT2D eigenvalue weighted by atomic mass is 10.2. The first-order valence-electron chi connectivity index (χ1n) is 6.10. The average molecular weight is 417 g/mol. The van der Waals surface area contributed by atoms with Crippen molar-refractivity contribution in [3.63, 3.8) is 0 Å². The molecule has 1 heterocycles. The van der Waals surface area contributed by atoms with Gasteiger partial charge in [-0.1, -0.05) is 15.9 Å². The monoisotopic (exact) mass is 416 g/mol. The standard InChI is InChI=1S/C11H14BrO8PS/c12-6-1-3-7(4-2-6)22(17,18)11-10(14)9(13)8(20-11)5-19-21(15)16/h1-4,8-11,13-14,21H,5H2,(H,15,16). The Morgan fingerprint density at radius 3 is 2.36 bits per heavy atom. The van der Waals surface area contributed by atoms with Gasteiger partial charge in [-0.2, -0.15) is 0 Å². The van der Waals surface area contributed by atoms with E-state index in [1.54, 1.807) is 0 Å².